The molecule has 1 aliphatic rings. The molecule has 0 amide bonds. The molecule has 0 spiro atoms. The molecule has 4 rings (SSSR count). The second kappa shape index (κ2) is 9.30. The van der Waals surface area contributed by atoms with E-state index < -0.39 is 0 Å². The molecule has 3 nitrogen and oxygen atoms in total. The average molecular weight is 413 g/mol. The van der Waals surface area contributed by atoms with Gasteiger partial charge in [-0.05, 0) is 29.2 Å². The molecule has 0 saturated heterocycles. The quantitative estimate of drug-likeness (QED) is 0.323. The molecule has 0 N–H and O–H groups in total. The molecule has 0 bridgehead atoms. The Morgan fingerprint density at radius 2 is 1.26 bits per heavy atom. The van der Waals surface area contributed by atoms with Crippen molar-refractivity contribution in [3.05, 3.63) is 107 Å². The topological polar surface area (TPSA) is 43.4 Å². The lowest BCUT2D eigenvalue weighted by Gasteiger charge is -2.09. The van der Waals surface area contributed by atoms with E-state index in [0.29, 0.717) is 23.7 Å². The van der Waals surface area contributed by atoms with Crippen LogP contribution < -0.4 is 0 Å². The number of ketones is 1. The van der Waals surface area contributed by atoms with Gasteiger partial charge in [0.25, 0.3) is 0 Å². The third-order valence-electron chi connectivity index (χ3n) is 6.29. The van der Waals surface area contributed by atoms with E-state index in [1.807, 2.05) is 36.4 Å². The van der Waals surface area contributed by atoms with Gasteiger partial charge in [0.05, 0.1) is 12.2 Å². The van der Waals surface area contributed by atoms with Crippen molar-refractivity contribution in [1.82, 2.24) is 0 Å². The second-order valence-electron chi connectivity index (χ2n) is 8.45. The van der Waals surface area contributed by atoms with Crippen molar-refractivity contribution in [3.63, 3.8) is 0 Å². The summed E-state index contributed by atoms with van der Waals surface area (Å²) in [4.78, 5) is 25.7. The lowest BCUT2D eigenvalue weighted by Crippen LogP contribution is -2.12. The molecule has 0 heterocycles. The van der Waals surface area contributed by atoms with Gasteiger partial charge in [0.1, 0.15) is 0 Å². The van der Waals surface area contributed by atoms with E-state index in [0.717, 1.165) is 6.42 Å². The Kier molecular flexibility index (Phi) is 6.31. The zero-order valence-corrected chi connectivity index (χ0v) is 18.0. The summed E-state index contributed by atoms with van der Waals surface area (Å²) in [6.45, 7) is 4.54. The van der Waals surface area contributed by atoms with Gasteiger partial charge in [0.2, 0.25) is 0 Å². The van der Waals surface area contributed by atoms with E-state index in [2.05, 4.69) is 38.1 Å². The maximum Gasteiger partial charge on any atom is 0.338 e. The van der Waals surface area contributed by atoms with Crippen LogP contribution in [-0.2, 0) is 4.74 Å². The summed E-state index contributed by atoms with van der Waals surface area (Å²) in [7, 11) is 0. The first-order chi connectivity index (χ1) is 15.1. The van der Waals surface area contributed by atoms with Gasteiger partial charge in [-0.15, -0.1) is 0 Å². The predicted molar refractivity (Wildman–Crippen MR) is 122 cm³/mol. The zero-order chi connectivity index (χ0) is 21.8. The van der Waals surface area contributed by atoms with Gasteiger partial charge in [-0.1, -0.05) is 93.1 Å². The van der Waals surface area contributed by atoms with Gasteiger partial charge in [0.15, 0.2) is 5.78 Å². The van der Waals surface area contributed by atoms with Crippen LogP contribution in [0.4, 0.5) is 0 Å². The summed E-state index contributed by atoms with van der Waals surface area (Å²) in [5.41, 5.74) is 3.51. The molecule has 158 valence electrons. The van der Waals surface area contributed by atoms with E-state index in [1.165, 1.54) is 11.1 Å². The number of Topliss-reactive ketones (excluding diaryl/α,β-unsaturated/α-hetero) is 1. The third kappa shape index (κ3) is 4.61. The smallest absolute Gasteiger partial charge is 0.338 e. The molecule has 31 heavy (non-hydrogen) atoms. The van der Waals surface area contributed by atoms with Crippen LogP contribution in [0.5, 0.6) is 0 Å². The molecule has 0 aromatic heterocycles. The molecule has 3 aromatic rings. The molecular weight excluding hydrogens is 384 g/mol. The van der Waals surface area contributed by atoms with Gasteiger partial charge in [-0.25, -0.2) is 4.79 Å². The highest BCUT2D eigenvalue weighted by atomic mass is 16.5. The minimum atomic E-state index is -0.338. The van der Waals surface area contributed by atoms with E-state index in [4.69, 9.17) is 4.74 Å². The summed E-state index contributed by atoms with van der Waals surface area (Å²) < 4.78 is 5.37. The van der Waals surface area contributed by atoms with Crippen molar-refractivity contribution in [2.45, 2.75) is 32.1 Å². The molecule has 4 atom stereocenters. The monoisotopic (exact) mass is 412 g/mol. The number of hydrogen-bond donors (Lipinski definition) is 0. The van der Waals surface area contributed by atoms with E-state index >= 15 is 0 Å². The number of hydrogen-bond acceptors (Lipinski definition) is 3. The Morgan fingerprint density at radius 1 is 0.774 bits per heavy atom. The highest BCUT2D eigenvalue weighted by Crippen LogP contribution is 2.61. The minimum absolute atomic E-state index is 0.0898. The number of rotatable bonds is 8. The average Bonchev–Trinajstić information content (AvgIpc) is 3.59. The Hall–Kier alpha value is -3.20. The van der Waals surface area contributed by atoms with E-state index in [1.54, 1.807) is 24.3 Å². The Bertz CT molecular complexity index is 979. The highest BCUT2D eigenvalue weighted by Gasteiger charge is 2.55. The third-order valence-corrected chi connectivity index (χ3v) is 6.29. The number of carbonyl (C=O) groups is 2. The van der Waals surface area contributed by atoms with Gasteiger partial charge in [-0.2, -0.15) is 0 Å². The fourth-order valence-corrected chi connectivity index (χ4v) is 4.20. The van der Waals surface area contributed by atoms with Crippen molar-refractivity contribution in [2.75, 3.05) is 6.61 Å². The van der Waals surface area contributed by atoms with Crippen LogP contribution in [0, 0.1) is 11.8 Å². The summed E-state index contributed by atoms with van der Waals surface area (Å²) in [5, 5.41) is 0. The number of esters is 1. The summed E-state index contributed by atoms with van der Waals surface area (Å²) in [5.74, 6) is 0.391. The highest BCUT2D eigenvalue weighted by molar-refractivity contribution is 6.02. The van der Waals surface area contributed by atoms with Crippen LogP contribution in [0.25, 0.3) is 0 Å². The minimum Gasteiger partial charge on any atom is -0.462 e. The molecular formula is C28H28O3. The Labute approximate surface area is 184 Å². The van der Waals surface area contributed by atoms with Crippen molar-refractivity contribution in [3.8, 4) is 0 Å². The molecule has 0 aliphatic heterocycles. The van der Waals surface area contributed by atoms with Gasteiger partial charge >= 0.3 is 5.97 Å². The normalized spacial score (nSPS) is 20.6. The van der Waals surface area contributed by atoms with Crippen molar-refractivity contribution < 1.29 is 14.3 Å². The largest absolute Gasteiger partial charge is 0.462 e. The second-order valence-corrected chi connectivity index (χ2v) is 8.45. The molecule has 0 radical (unpaired) electrons. The lowest BCUT2D eigenvalue weighted by molar-refractivity contribution is 0.0447. The summed E-state index contributed by atoms with van der Waals surface area (Å²) >= 11 is 0. The van der Waals surface area contributed by atoms with Gasteiger partial charge in [0, 0.05) is 23.3 Å². The Balaban J connectivity index is 1.52. The van der Waals surface area contributed by atoms with Crippen molar-refractivity contribution >= 4 is 11.8 Å². The van der Waals surface area contributed by atoms with Crippen LogP contribution in [0.2, 0.25) is 0 Å². The summed E-state index contributed by atoms with van der Waals surface area (Å²) in [6.07, 6.45) is 0.966. The molecule has 1 saturated carbocycles. The first-order valence-corrected chi connectivity index (χ1v) is 11.0. The standard InChI is InChI=1S/C28H28O3/c1-3-19(2)18-31-28(30)23-16-14-22(15-17-23)27(29)26-24(20-10-6-4-7-11-20)25(26)21-12-8-5-9-13-21/h4-17,19,24-26H,3,18H2,1-2H3/t19-,24-,25+,26?/m0/s1. The Morgan fingerprint density at radius 3 is 1.74 bits per heavy atom. The lowest BCUT2D eigenvalue weighted by atomic mass is 10.0. The molecule has 1 fully saturated rings. The van der Waals surface area contributed by atoms with E-state index in [-0.39, 0.29) is 29.5 Å². The molecule has 3 heteroatoms. The summed E-state index contributed by atoms with van der Waals surface area (Å²) in [6, 6.07) is 27.4. The maximum atomic E-state index is 13.4. The van der Waals surface area contributed by atoms with E-state index in [9.17, 15) is 9.59 Å². The first-order valence-electron chi connectivity index (χ1n) is 11.0. The number of ether oxygens (including phenoxy) is 1. The predicted octanol–water partition coefficient (Wildman–Crippen LogP) is 6.27. The molecule has 1 aliphatic carbocycles. The van der Waals surface area contributed by atoms with Gasteiger partial charge in [-0.3, -0.25) is 4.79 Å². The van der Waals surface area contributed by atoms with Crippen LogP contribution >= 0.6 is 0 Å². The van der Waals surface area contributed by atoms with Crippen LogP contribution in [0.15, 0.2) is 84.9 Å². The SMILES string of the molecule is CC[C@H](C)COC(=O)c1ccc(C(=O)C2[C@@H](c3ccccc3)[C@H]2c2ccccc2)cc1. The molecule has 1 unspecified atom stereocenters. The number of carbonyl (C=O) groups excluding carboxylic acids is 2. The van der Waals surface area contributed by atoms with Crippen LogP contribution in [-0.4, -0.2) is 18.4 Å². The van der Waals surface area contributed by atoms with Crippen molar-refractivity contribution in [2.24, 2.45) is 11.8 Å². The van der Waals surface area contributed by atoms with Gasteiger partial charge < -0.3 is 4.74 Å². The fraction of sp³-hybridized carbons (Fsp3) is 0.286. The maximum absolute atomic E-state index is 13.4. The zero-order valence-electron chi connectivity index (χ0n) is 18.0. The fourth-order valence-electron chi connectivity index (χ4n) is 4.20. The molecule has 3 aromatic carbocycles. The number of benzene rings is 3. The van der Waals surface area contributed by atoms with Crippen LogP contribution in [0.3, 0.4) is 0 Å². The van der Waals surface area contributed by atoms with Crippen LogP contribution in [0.1, 0.15) is 63.9 Å². The first kappa shape index (κ1) is 21.0. The van der Waals surface area contributed by atoms with Crippen molar-refractivity contribution in [1.29, 1.82) is 0 Å².